The first-order chi connectivity index (χ1) is 11.9. The molecule has 2 heterocycles. The number of rotatable bonds is 4. The molecule has 0 amide bonds. The number of hydrogen-bond acceptors (Lipinski definition) is 5. The predicted octanol–water partition coefficient (Wildman–Crippen LogP) is 1.28. The van der Waals surface area contributed by atoms with Gasteiger partial charge in [-0.15, -0.1) is 0 Å². The van der Waals surface area contributed by atoms with Gasteiger partial charge in [0, 0.05) is 18.1 Å². The van der Waals surface area contributed by atoms with Crippen molar-refractivity contribution in [1.29, 1.82) is 0 Å². The molecule has 0 fully saturated rings. The fourth-order valence-electron chi connectivity index (χ4n) is 2.46. The molecule has 9 heteroatoms. The van der Waals surface area contributed by atoms with Gasteiger partial charge in [0.05, 0.1) is 12.1 Å². The summed E-state index contributed by atoms with van der Waals surface area (Å²) in [5.41, 5.74) is -1.01. The van der Waals surface area contributed by atoms with Crippen LogP contribution in [0.2, 0.25) is 0 Å². The number of nitrogens with zero attached hydrogens (tertiary/aromatic N) is 3. The highest BCUT2D eigenvalue weighted by molar-refractivity contribution is 5.69. The third-order valence-corrected chi connectivity index (χ3v) is 3.58. The summed E-state index contributed by atoms with van der Waals surface area (Å²) in [5.74, 6) is -3.06. The highest BCUT2D eigenvalue weighted by atomic mass is 19.1. The van der Waals surface area contributed by atoms with Gasteiger partial charge >= 0.3 is 5.97 Å². The van der Waals surface area contributed by atoms with Crippen molar-refractivity contribution < 1.29 is 23.8 Å². The Bertz CT molecular complexity index is 1090. The Balaban J connectivity index is 2.30. The number of pyridine rings is 1. The Morgan fingerprint density at radius 1 is 1.16 bits per heavy atom. The van der Waals surface area contributed by atoms with Crippen LogP contribution in [-0.4, -0.2) is 30.8 Å². The highest BCUT2D eigenvalue weighted by Crippen LogP contribution is 2.22. The Morgan fingerprint density at radius 2 is 1.92 bits per heavy atom. The molecule has 0 bridgehead atoms. The lowest BCUT2D eigenvalue weighted by molar-refractivity contribution is -0.136. The first-order valence-electron chi connectivity index (χ1n) is 7.14. The lowest BCUT2D eigenvalue weighted by atomic mass is 10.1. The summed E-state index contributed by atoms with van der Waals surface area (Å²) in [5, 5.41) is 22.4. The molecular formula is C16H11F2N3O4. The average Bonchev–Trinajstić information content (AvgIpc) is 3.03. The molecule has 3 aromatic rings. The third-order valence-electron chi connectivity index (χ3n) is 3.58. The van der Waals surface area contributed by atoms with Crippen molar-refractivity contribution in [2.24, 2.45) is 0 Å². The predicted molar refractivity (Wildman–Crippen MR) is 82.7 cm³/mol. The molecule has 0 aliphatic heterocycles. The largest absolute Gasteiger partial charge is 0.511 e. The van der Waals surface area contributed by atoms with E-state index in [0.717, 1.165) is 35.1 Å². The monoisotopic (exact) mass is 347 g/mol. The summed E-state index contributed by atoms with van der Waals surface area (Å²) in [6.07, 6.45) is 0.427. The van der Waals surface area contributed by atoms with Gasteiger partial charge in [0.15, 0.2) is 11.1 Å². The normalized spacial score (nSPS) is 12.4. The molecule has 3 rings (SSSR count). The van der Waals surface area contributed by atoms with Crippen LogP contribution in [0.4, 0.5) is 8.78 Å². The summed E-state index contributed by atoms with van der Waals surface area (Å²) in [6, 6.07) is 3.77. The Hall–Kier alpha value is -3.36. The highest BCUT2D eigenvalue weighted by Gasteiger charge is 2.16. The van der Waals surface area contributed by atoms with Crippen LogP contribution in [0.1, 0.15) is 12.8 Å². The van der Waals surface area contributed by atoms with E-state index in [9.17, 15) is 23.5 Å². The van der Waals surface area contributed by atoms with E-state index in [1.807, 2.05) is 0 Å². The average molecular weight is 347 g/mol. The van der Waals surface area contributed by atoms with Crippen molar-refractivity contribution in [3.63, 3.8) is 0 Å². The van der Waals surface area contributed by atoms with Gasteiger partial charge in [-0.3, -0.25) is 9.59 Å². The molecule has 7 nitrogen and oxygen atoms in total. The van der Waals surface area contributed by atoms with E-state index in [2.05, 4.69) is 10.1 Å². The van der Waals surface area contributed by atoms with Crippen molar-refractivity contribution in [1.82, 2.24) is 14.6 Å². The Kier molecular flexibility index (Phi) is 4.14. The van der Waals surface area contributed by atoms with Crippen LogP contribution in [0, 0.1) is 11.6 Å². The molecular weight excluding hydrogens is 336 g/mol. The van der Waals surface area contributed by atoms with Gasteiger partial charge in [-0.1, -0.05) is 0 Å². The summed E-state index contributed by atoms with van der Waals surface area (Å²) in [7, 11) is 0. The zero-order chi connectivity index (χ0) is 18.1. The second-order valence-corrected chi connectivity index (χ2v) is 5.23. The zero-order valence-electron chi connectivity index (χ0n) is 12.6. The molecule has 0 spiro atoms. The van der Waals surface area contributed by atoms with E-state index in [1.54, 1.807) is 0 Å². The third kappa shape index (κ3) is 3.03. The summed E-state index contributed by atoms with van der Waals surface area (Å²) < 4.78 is 28.6. The van der Waals surface area contributed by atoms with Crippen molar-refractivity contribution in [3.05, 3.63) is 57.7 Å². The number of aliphatic hydroxyl groups is 1. The number of halogens is 2. The van der Waals surface area contributed by atoms with Crippen LogP contribution in [-0.2, 0) is 4.79 Å². The van der Waals surface area contributed by atoms with E-state index in [0.29, 0.717) is 0 Å². The van der Waals surface area contributed by atoms with Gasteiger partial charge in [0.2, 0.25) is 0 Å². The van der Waals surface area contributed by atoms with Gasteiger partial charge in [-0.05, 0) is 18.2 Å². The Labute approximate surface area is 138 Å². The lowest BCUT2D eigenvalue weighted by Crippen LogP contribution is -2.30. The SMILES string of the molecule is O=C(O)CCC(O)=c1c(=O)cc(-c2cc(F)ccc2F)n2ncnc12. The van der Waals surface area contributed by atoms with Crippen molar-refractivity contribution >= 4 is 17.4 Å². The van der Waals surface area contributed by atoms with E-state index in [4.69, 9.17) is 5.11 Å². The van der Waals surface area contributed by atoms with Crippen molar-refractivity contribution in [3.8, 4) is 11.3 Å². The topological polar surface area (TPSA) is 105 Å². The first kappa shape index (κ1) is 16.5. The molecule has 2 N–H and O–H groups in total. The molecule has 2 aromatic heterocycles. The van der Waals surface area contributed by atoms with Crippen molar-refractivity contribution in [2.75, 3.05) is 0 Å². The van der Waals surface area contributed by atoms with Gasteiger partial charge in [0.1, 0.15) is 28.9 Å². The second kappa shape index (κ2) is 6.27. The van der Waals surface area contributed by atoms with E-state index in [1.165, 1.54) is 0 Å². The van der Waals surface area contributed by atoms with Crippen LogP contribution in [0.3, 0.4) is 0 Å². The molecule has 25 heavy (non-hydrogen) atoms. The Morgan fingerprint density at radius 3 is 2.64 bits per heavy atom. The second-order valence-electron chi connectivity index (χ2n) is 5.23. The molecule has 0 radical (unpaired) electrons. The smallest absolute Gasteiger partial charge is 0.303 e. The maximum Gasteiger partial charge on any atom is 0.303 e. The molecule has 128 valence electrons. The maximum atomic E-state index is 14.0. The number of carboxylic acid groups (broad SMARTS) is 1. The number of aliphatic carboxylic acids is 1. The molecule has 0 saturated carbocycles. The van der Waals surface area contributed by atoms with Crippen LogP contribution < -0.4 is 10.6 Å². The number of benzene rings is 1. The maximum absolute atomic E-state index is 14.0. The van der Waals surface area contributed by atoms with Gasteiger partial charge in [-0.25, -0.2) is 18.3 Å². The van der Waals surface area contributed by atoms with Crippen molar-refractivity contribution in [2.45, 2.75) is 12.8 Å². The van der Waals surface area contributed by atoms with Gasteiger partial charge in [-0.2, -0.15) is 5.10 Å². The number of carboxylic acids is 1. The summed E-state index contributed by atoms with van der Waals surface area (Å²) in [4.78, 5) is 26.9. The van der Waals surface area contributed by atoms with Gasteiger partial charge in [0.25, 0.3) is 0 Å². The first-order valence-corrected chi connectivity index (χ1v) is 7.14. The molecule has 0 aliphatic carbocycles. The lowest BCUT2D eigenvalue weighted by Gasteiger charge is -2.07. The summed E-state index contributed by atoms with van der Waals surface area (Å²) >= 11 is 0. The van der Waals surface area contributed by atoms with Crippen LogP contribution >= 0.6 is 0 Å². The number of aliphatic hydroxyl groups excluding tert-OH is 1. The molecule has 0 saturated heterocycles. The zero-order valence-corrected chi connectivity index (χ0v) is 12.6. The number of hydrogen-bond donors (Lipinski definition) is 2. The number of aromatic nitrogens is 3. The minimum Gasteiger partial charge on any atom is -0.511 e. The standard InChI is InChI=1S/C16H11F2N3O4/c17-8-1-2-10(18)9(5-8)11-6-13(23)15(12(22)3-4-14(24)25)16-19-7-20-21(11)16/h1-2,5-7,22H,3-4H2,(H,24,25). The van der Waals surface area contributed by atoms with E-state index >= 15 is 0 Å². The number of carbonyl (C=O) groups is 1. The van der Waals surface area contributed by atoms with Crippen LogP contribution in [0.15, 0.2) is 35.4 Å². The quantitative estimate of drug-likeness (QED) is 0.737. The molecule has 0 atom stereocenters. The fraction of sp³-hybridized carbons (Fsp3) is 0.125. The molecule has 0 unspecified atom stereocenters. The van der Waals surface area contributed by atoms with E-state index < -0.39 is 28.8 Å². The minimum absolute atomic E-state index is 0.0377. The van der Waals surface area contributed by atoms with Crippen LogP contribution in [0.5, 0.6) is 0 Å². The number of fused-ring (bicyclic) bond motifs is 1. The summed E-state index contributed by atoms with van der Waals surface area (Å²) in [6.45, 7) is 0. The minimum atomic E-state index is -1.14. The molecule has 1 aromatic carbocycles. The van der Waals surface area contributed by atoms with E-state index in [-0.39, 0.29) is 35.0 Å². The fourth-order valence-corrected chi connectivity index (χ4v) is 2.46. The van der Waals surface area contributed by atoms with Gasteiger partial charge < -0.3 is 10.2 Å². The molecule has 0 aliphatic rings. The van der Waals surface area contributed by atoms with Crippen LogP contribution in [0.25, 0.3) is 22.7 Å².